The molecular formula is C38H48N2O9. The summed E-state index contributed by atoms with van der Waals surface area (Å²) in [6.45, 7) is 9.32. The van der Waals surface area contributed by atoms with Gasteiger partial charge in [-0.15, -0.1) is 0 Å². The molecule has 0 unspecified atom stereocenters. The molecule has 2 aromatic rings. The number of nitrogens with zero attached hydrogens (tertiary/aromatic N) is 2. The van der Waals surface area contributed by atoms with Crippen molar-refractivity contribution in [2.75, 3.05) is 6.61 Å². The zero-order chi connectivity index (χ0) is 35.2. The molecule has 0 bridgehead atoms. The molecular weight excluding hydrogens is 628 g/mol. The van der Waals surface area contributed by atoms with Crippen LogP contribution in [0.2, 0.25) is 0 Å². The number of rotatable bonds is 12. The average Bonchev–Trinajstić information content (AvgIpc) is 3.56. The lowest BCUT2D eigenvalue weighted by Gasteiger charge is -2.46. The molecule has 5 rings (SSSR count). The lowest BCUT2D eigenvalue weighted by Crippen LogP contribution is -2.53. The molecule has 1 fully saturated rings. The molecule has 11 nitrogen and oxygen atoms in total. The number of carbonyl (C=O) groups excluding carboxylic acids is 3. The van der Waals surface area contributed by atoms with E-state index in [2.05, 4.69) is 16.9 Å². The Labute approximate surface area is 288 Å². The number of carbonyl (C=O) groups is 3. The number of fused-ring (bicyclic) bond motifs is 2. The van der Waals surface area contributed by atoms with Gasteiger partial charge >= 0.3 is 17.9 Å². The lowest BCUT2D eigenvalue weighted by atomic mass is 9.65. The van der Waals surface area contributed by atoms with Crippen LogP contribution in [-0.4, -0.2) is 69.3 Å². The molecule has 264 valence electrons. The maximum atomic E-state index is 13.8. The molecule has 0 amide bonds. The third-order valence-electron chi connectivity index (χ3n) is 10.2. The van der Waals surface area contributed by atoms with Gasteiger partial charge in [0.2, 0.25) is 0 Å². The normalized spacial score (nSPS) is 29.2. The number of allylic oxidation sites excluding steroid dienone is 2. The highest BCUT2D eigenvalue weighted by Gasteiger charge is 2.62. The summed E-state index contributed by atoms with van der Waals surface area (Å²) in [6.07, 6.45) is 12.6. The Morgan fingerprint density at radius 1 is 1.04 bits per heavy atom. The van der Waals surface area contributed by atoms with Gasteiger partial charge in [0.25, 0.3) is 0 Å². The van der Waals surface area contributed by atoms with Crippen molar-refractivity contribution in [3.8, 4) is 0 Å². The van der Waals surface area contributed by atoms with Gasteiger partial charge in [0.1, 0.15) is 24.4 Å². The second kappa shape index (κ2) is 15.3. The summed E-state index contributed by atoms with van der Waals surface area (Å²) < 4.78 is 25.2. The number of ether oxygens (including phenoxy) is 4. The first-order valence-electron chi connectivity index (χ1n) is 17.2. The number of hydrogen-bond donors (Lipinski definition) is 1. The van der Waals surface area contributed by atoms with E-state index in [9.17, 15) is 19.6 Å². The summed E-state index contributed by atoms with van der Waals surface area (Å²) in [5, 5.41) is 10.2. The van der Waals surface area contributed by atoms with Crippen LogP contribution in [0.25, 0.3) is 0 Å². The number of epoxide rings is 1. The van der Waals surface area contributed by atoms with E-state index in [1.807, 2.05) is 26.0 Å². The number of aromatic nitrogens is 2. The van der Waals surface area contributed by atoms with Gasteiger partial charge in [-0.1, -0.05) is 31.4 Å². The topological polar surface area (TPSA) is 147 Å². The summed E-state index contributed by atoms with van der Waals surface area (Å²) in [5.41, 5.74) is -0.931. The van der Waals surface area contributed by atoms with Crippen LogP contribution < -0.4 is 0 Å². The van der Waals surface area contributed by atoms with Crippen LogP contribution in [0.5, 0.6) is 0 Å². The highest BCUT2D eigenvalue weighted by molar-refractivity contribution is 5.89. The molecule has 0 spiro atoms. The van der Waals surface area contributed by atoms with Crippen LogP contribution >= 0.6 is 0 Å². The van der Waals surface area contributed by atoms with E-state index in [0.29, 0.717) is 31.3 Å². The number of pyridine rings is 2. The number of hydrogen-bond acceptors (Lipinski definition) is 11. The fraction of sp³-hybridized carbons (Fsp3) is 0.553. The van der Waals surface area contributed by atoms with E-state index >= 15 is 0 Å². The van der Waals surface area contributed by atoms with Gasteiger partial charge in [-0.2, -0.15) is 0 Å². The van der Waals surface area contributed by atoms with E-state index in [-0.39, 0.29) is 42.6 Å². The van der Waals surface area contributed by atoms with E-state index in [0.717, 1.165) is 18.4 Å². The van der Waals surface area contributed by atoms with Crippen molar-refractivity contribution in [2.45, 2.75) is 115 Å². The quantitative estimate of drug-likeness (QED) is 0.0479. The predicted molar refractivity (Wildman–Crippen MR) is 179 cm³/mol. The Kier molecular flexibility index (Phi) is 11.4. The molecule has 3 heterocycles. The second-order valence-electron chi connectivity index (χ2n) is 14.2. The minimum atomic E-state index is -1.25. The molecule has 1 aliphatic heterocycles. The van der Waals surface area contributed by atoms with Crippen molar-refractivity contribution in [3.63, 3.8) is 0 Å². The predicted octanol–water partition coefficient (Wildman–Crippen LogP) is 6.84. The van der Waals surface area contributed by atoms with Crippen molar-refractivity contribution >= 4 is 17.9 Å². The maximum absolute atomic E-state index is 13.8. The van der Waals surface area contributed by atoms with Crippen molar-refractivity contribution in [2.24, 2.45) is 11.3 Å². The molecule has 0 saturated carbocycles. The molecule has 11 heteroatoms. The number of esters is 3. The summed E-state index contributed by atoms with van der Waals surface area (Å²) in [7, 11) is 0. The monoisotopic (exact) mass is 676 g/mol. The third-order valence-corrected chi connectivity index (χ3v) is 10.2. The Morgan fingerprint density at radius 2 is 1.71 bits per heavy atom. The molecule has 0 aromatic carbocycles. The van der Waals surface area contributed by atoms with Crippen molar-refractivity contribution < 1.29 is 43.5 Å². The first-order valence-corrected chi connectivity index (χ1v) is 17.2. The van der Waals surface area contributed by atoms with E-state index < -0.39 is 46.7 Å². The van der Waals surface area contributed by atoms with Crippen LogP contribution in [0, 0.1) is 11.3 Å². The van der Waals surface area contributed by atoms with Gasteiger partial charge in [0.05, 0.1) is 28.2 Å². The van der Waals surface area contributed by atoms with Crippen LogP contribution in [-0.2, 0) is 28.6 Å². The van der Waals surface area contributed by atoms with E-state index in [1.54, 1.807) is 50.5 Å². The van der Waals surface area contributed by atoms with Gasteiger partial charge < -0.3 is 18.9 Å². The van der Waals surface area contributed by atoms with Gasteiger partial charge in [0.15, 0.2) is 0 Å². The first-order chi connectivity index (χ1) is 23.4. The Balaban J connectivity index is 1.66. The van der Waals surface area contributed by atoms with Gasteiger partial charge in [-0.25, -0.2) is 14.5 Å². The van der Waals surface area contributed by atoms with Crippen LogP contribution in [0.15, 0.2) is 72.4 Å². The lowest BCUT2D eigenvalue weighted by molar-refractivity contribution is -0.303. The van der Waals surface area contributed by atoms with Crippen LogP contribution in [0.4, 0.5) is 0 Å². The summed E-state index contributed by atoms with van der Waals surface area (Å²) in [4.78, 5) is 54.1. The Morgan fingerprint density at radius 3 is 2.33 bits per heavy atom. The second-order valence-corrected chi connectivity index (χ2v) is 14.2. The number of unbranched alkanes of at least 4 members (excludes halogenated alkanes) is 2. The first kappa shape index (κ1) is 36.4. The fourth-order valence-corrected chi connectivity index (χ4v) is 7.27. The largest absolute Gasteiger partial charge is 0.465 e. The van der Waals surface area contributed by atoms with Crippen LogP contribution in [0.3, 0.4) is 0 Å². The van der Waals surface area contributed by atoms with Crippen molar-refractivity contribution in [3.05, 3.63) is 83.5 Å². The van der Waals surface area contributed by atoms with Gasteiger partial charge in [-0.05, 0) is 89.3 Å². The molecule has 2 aromatic heterocycles. The third kappa shape index (κ3) is 8.28. The summed E-state index contributed by atoms with van der Waals surface area (Å²) >= 11 is 0. The molecule has 49 heavy (non-hydrogen) atoms. The fourth-order valence-electron chi connectivity index (χ4n) is 7.27. The Bertz CT molecular complexity index is 1540. The van der Waals surface area contributed by atoms with Gasteiger partial charge in [-0.3, -0.25) is 20.0 Å². The zero-order valence-corrected chi connectivity index (χ0v) is 29.1. The molecule has 2 aliphatic carbocycles. The van der Waals surface area contributed by atoms with Crippen LogP contribution in [0.1, 0.15) is 107 Å². The van der Waals surface area contributed by atoms with Crippen molar-refractivity contribution in [1.29, 1.82) is 0 Å². The van der Waals surface area contributed by atoms with E-state index in [4.69, 9.17) is 23.8 Å². The summed E-state index contributed by atoms with van der Waals surface area (Å²) in [6, 6.07) is 6.56. The average molecular weight is 677 g/mol. The maximum Gasteiger partial charge on any atom is 0.340 e. The standard InChI is InChI=1S/C38H48N2O9/c1-6-7-8-13-32(41)45-24-38-17-16-28(36(3,4)49-44)33(38)29(46-34(42)26-11-9-18-39-22-26)21-37(5)30(48-37)15-14-25(2)20-31(38)47-35(43)27-12-10-19-40-23-27/h9-12,16,18-20,22-23,29-31,33,44H,6-8,13-15,17,21,24H2,1-5H3/b25-20+/t29-,30+,31+,33-,37+,38+/m1/s1. The van der Waals surface area contributed by atoms with Gasteiger partial charge in [0, 0.05) is 43.5 Å². The van der Waals surface area contributed by atoms with Crippen molar-refractivity contribution in [1.82, 2.24) is 9.97 Å². The highest BCUT2D eigenvalue weighted by atomic mass is 17.1. The SMILES string of the molecule is CCCCCC(=O)OC[C@]12CC=C(C(C)(C)OO)[C@@H]1[C@H](OC(=O)c1cccnc1)C[C@]1(C)O[C@H]1CC/C(C)=C/[C@@H]2OC(=O)c1cccnc1. The Hall–Kier alpha value is -3.93. The highest BCUT2D eigenvalue weighted by Crippen LogP contribution is 2.57. The molecule has 1 N–H and O–H groups in total. The zero-order valence-electron chi connectivity index (χ0n) is 29.1. The smallest absolute Gasteiger partial charge is 0.340 e. The van der Waals surface area contributed by atoms with E-state index in [1.165, 1.54) is 12.4 Å². The summed E-state index contributed by atoms with van der Waals surface area (Å²) in [5.74, 6) is -2.32. The minimum Gasteiger partial charge on any atom is -0.465 e. The molecule has 0 radical (unpaired) electrons. The molecule has 1 saturated heterocycles. The molecule has 6 atom stereocenters. The molecule has 3 aliphatic rings. The minimum absolute atomic E-state index is 0.0911.